The molecular formula is C50H54N6. The average Bonchev–Trinajstić information content (AvgIpc) is 3.78. The summed E-state index contributed by atoms with van der Waals surface area (Å²) in [5.41, 5.74) is 12.6. The number of hydrogen-bond donors (Lipinski definition) is 1. The minimum Gasteiger partial charge on any atom is -0.352 e. The van der Waals surface area contributed by atoms with E-state index >= 15 is 0 Å². The molecule has 8 atom stereocenters. The van der Waals surface area contributed by atoms with Crippen molar-refractivity contribution in [3.63, 3.8) is 0 Å². The van der Waals surface area contributed by atoms with Crippen molar-refractivity contribution in [3.8, 4) is 18.2 Å². The molecule has 0 radical (unpaired) electrons. The normalized spacial score (nSPS) is 32.6. The maximum absolute atomic E-state index is 9.99. The molecule has 0 spiro atoms. The van der Waals surface area contributed by atoms with Gasteiger partial charge < -0.3 is 9.47 Å². The summed E-state index contributed by atoms with van der Waals surface area (Å²) in [5, 5.41) is 35.3. The fourth-order valence-corrected chi connectivity index (χ4v) is 12.8. The van der Waals surface area contributed by atoms with Crippen LogP contribution >= 0.6 is 0 Å². The Hall–Kier alpha value is -4.83. The third-order valence-electron chi connectivity index (χ3n) is 15.1. The summed E-state index contributed by atoms with van der Waals surface area (Å²) in [5.74, 6) is 2.83. The summed E-state index contributed by atoms with van der Waals surface area (Å²) in [6.45, 7) is 0. The van der Waals surface area contributed by atoms with E-state index < -0.39 is 0 Å². The van der Waals surface area contributed by atoms with Crippen LogP contribution < -0.4 is 5.32 Å². The summed E-state index contributed by atoms with van der Waals surface area (Å²) in [6, 6.07) is 14.0. The Morgan fingerprint density at radius 3 is 2.45 bits per heavy atom. The van der Waals surface area contributed by atoms with Crippen LogP contribution in [-0.4, -0.2) is 21.7 Å². The van der Waals surface area contributed by atoms with Gasteiger partial charge in [0.15, 0.2) is 0 Å². The van der Waals surface area contributed by atoms with Gasteiger partial charge in [0.1, 0.15) is 0 Å². The number of rotatable bonds is 5. The van der Waals surface area contributed by atoms with Crippen molar-refractivity contribution in [3.05, 3.63) is 111 Å². The van der Waals surface area contributed by atoms with Crippen LogP contribution in [0.2, 0.25) is 0 Å². The van der Waals surface area contributed by atoms with Gasteiger partial charge >= 0.3 is 0 Å². The molecule has 3 heterocycles. The Morgan fingerprint density at radius 2 is 1.57 bits per heavy atom. The molecule has 2 aliphatic heterocycles. The van der Waals surface area contributed by atoms with E-state index in [4.69, 9.17) is 0 Å². The first kappa shape index (κ1) is 35.6. The van der Waals surface area contributed by atoms with Gasteiger partial charge in [-0.25, -0.2) is 0 Å². The molecule has 8 aliphatic rings. The summed E-state index contributed by atoms with van der Waals surface area (Å²) in [4.78, 5) is 2.84. The van der Waals surface area contributed by atoms with Crippen LogP contribution in [0.1, 0.15) is 126 Å². The number of nitrogens with zero attached hydrogens (tertiary/aromatic N) is 5. The third-order valence-corrected chi connectivity index (χ3v) is 15.1. The van der Waals surface area contributed by atoms with Crippen LogP contribution in [0.15, 0.2) is 94.3 Å². The highest BCUT2D eigenvalue weighted by Crippen LogP contribution is 2.52. The van der Waals surface area contributed by atoms with E-state index in [1.54, 1.807) is 22.4 Å². The zero-order valence-corrected chi connectivity index (χ0v) is 32.7. The predicted octanol–water partition coefficient (Wildman–Crippen LogP) is 11.1. The molecular weight excluding hydrogens is 685 g/mol. The zero-order valence-electron chi connectivity index (χ0n) is 32.7. The van der Waals surface area contributed by atoms with Gasteiger partial charge in [-0.2, -0.15) is 15.8 Å². The van der Waals surface area contributed by atoms with Crippen molar-refractivity contribution >= 4 is 17.0 Å². The topological polar surface area (TPSA) is 91.6 Å². The second kappa shape index (κ2) is 14.9. The van der Waals surface area contributed by atoms with E-state index in [0.29, 0.717) is 41.2 Å². The summed E-state index contributed by atoms with van der Waals surface area (Å²) in [7, 11) is 0. The van der Waals surface area contributed by atoms with E-state index in [1.807, 2.05) is 6.07 Å². The lowest BCUT2D eigenvalue weighted by molar-refractivity contribution is 0.0821. The van der Waals surface area contributed by atoms with Crippen molar-refractivity contribution in [1.82, 2.24) is 14.8 Å². The maximum Gasteiger partial charge on any atom is 0.0991 e. The van der Waals surface area contributed by atoms with Crippen molar-refractivity contribution in [2.24, 2.45) is 29.6 Å². The van der Waals surface area contributed by atoms with Gasteiger partial charge in [-0.3, -0.25) is 5.32 Å². The maximum atomic E-state index is 9.99. The van der Waals surface area contributed by atoms with E-state index in [-0.39, 0.29) is 12.3 Å². The molecule has 284 valence electrons. The standard InChI is InChI=1S/C50H54N6/c51-29-32-10-9-11-35(24-32)37-12-1-3-14-39(37)40-15-4-2-13-38(40)36-27-49(55-45-18-7-5-16-41(45)42-17-6-8-19-46(42)55)54-50(28-36)56-47-22-20-33(30-52)25-43(47)44-26-34(31-53)21-23-48(44)56/h2,5,8,10,13,16,19-20,22,25-26,35-37,39,42,46,49-50,54H,1,3-4,6-7,9,11-12,14-15,17-18,21,23-24,27-28H2. The zero-order chi connectivity index (χ0) is 37.8. The van der Waals surface area contributed by atoms with Gasteiger partial charge in [0.05, 0.1) is 47.7 Å². The molecule has 2 fully saturated rings. The summed E-state index contributed by atoms with van der Waals surface area (Å²) < 4.78 is 2.60. The van der Waals surface area contributed by atoms with E-state index in [0.717, 1.165) is 98.2 Å². The number of piperidine rings is 1. The second-order valence-electron chi connectivity index (χ2n) is 17.9. The minimum atomic E-state index is 0.0673. The number of nitrogens with one attached hydrogen (secondary N) is 1. The van der Waals surface area contributed by atoms with Crippen LogP contribution in [0, 0.1) is 63.6 Å². The largest absolute Gasteiger partial charge is 0.352 e. The molecule has 8 unspecified atom stereocenters. The van der Waals surface area contributed by atoms with Crippen molar-refractivity contribution in [1.29, 1.82) is 15.8 Å². The number of fused-ring (bicyclic) bond motifs is 5. The molecule has 1 aromatic carbocycles. The highest BCUT2D eigenvalue weighted by atomic mass is 15.4. The van der Waals surface area contributed by atoms with Crippen LogP contribution in [0.5, 0.6) is 0 Å². The highest BCUT2D eigenvalue weighted by Gasteiger charge is 2.46. The van der Waals surface area contributed by atoms with Gasteiger partial charge in [-0.1, -0.05) is 60.9 Å². The fraction of sp³-hybridized carbons (Fsp3) is 0.500. The second-order valence-corrected chi connectivity index (χ2v) is 17.9. The number of benzene rings is 1. The fourth-order valence-electron chi connectivity index (χ4n) is 12.8. The van der Waals surface area contributed by atoms with Gasteiger partial charge in [-0.05, 0) is 155 Å². The lowest BCUT2D eigenvalue weighted by Gasteiger charge is -2.48. The molecule has 1 N–H and O–H groups in total. The minimum absolute atomic E-state index is 0.0673. The first-order chi connectivity index (χ1) is 27.6. The Kier molecular flexibility index (Phi) is 9.48. The molecule has 56 heavy (non-hydrogen) atoms. The SMILES string of the molecule is N#CC1=Cc2c(n(C3CC(C4=C(C5CCCCC5C5CCC=C(C#N)C5)CCC=C4)CC(N4C5=C(C=CCC5)C5CCC=CC54)N3)c3ccc(C#N)cc23)CC1. The number of hydrogen-bond acceptors (Lipinski definition) is 5. The van der Waals surface area contributed by atoms with Gasteiger partial charge in [0.2, 0.25) is 0 Å². The molecule has 0 amide bonds. The van der Waals surface area contributed by atoms with Gasteiger partial charge in [-0.15, -0.1) is 0 Å². The number of aromatic nitrogens is 1. The molecule has 6 aliphatic carbocycles. The molecule has 1 saturated carbocycles. The van der Waals surface area contributed by atoms with Crippen molar-refractivity contribution in [2.45, 2.75) is 128 Å². The third kappa shape index (κ3) is 6.06. The molecule has 6 heteroatoms. The molecule has 2 aromatic rings. The van der Waals surface area contributed by atoms with E-state index in [9.17, 15) is 15.8 Å². The molecule has 1 saturated heterocycles. The predicted molar refractivity (Wildman–Crippen MR) is 222 cm³/mol. The lowest BCUT2D eigenvalue weighted by atomic mass is 9.63. The molecule has 1 aromatic heterocycles. The Bertz CT molecular complexity index is 2280. The molecule has 6 nitrogen and oxygen atoms in total. The van der Waals surface area contributed by atoms with Crippen LogP contribution in [0.3, 0.4) is 0 Å². The van der Waals surface area contributed by atoms with Crippen molar-refractivity contribution in [2.75, 3.05) is 0 Å². The quantitative estimate of drug-likeness (QED) is 0.308. The first-order valence-corrected chi connectivity index (χ1v) is 21.9. The van der Waals surface area contributed by atoms with Crippen LogP contribution in [0.4, 0.5) is 0 Å². The first-order valence-electron chi connectivity index (χ1n) is 21.9. The summed E-state index contributed by atoms with van der Waals surface area (Å²) in [6.07, 6.45) is 38.4. The Balaban J connectivity index is 1.10. The van der Waals surface area contributed by atoms with Crippen LogP contribution in [-0.2, 0) is 6.42 Å². The Labute approximate surface area is 332 Å². The van der Waals surface area contributed by atoms with E-state index in [2.05, 4.69) is 93.7 Å². The van der Waals surface area contributed by atoms with Crippen molar-refractivity contribution < 1.29 is 0 Å². The summed E-state index contributed by atoms with van der Waals surface area (Å²) >= 11 is 0. The lowest BCUT2D eigenvalue weighted by Crippen LogP contribution is -2.55. The van der Waals surface area contributed by atoms with E-state index in [1.165, 1.54) is 44.2 Å². The monoisotopic (exact) mass is 738 g/mol. The van der Waals surface area contributed by atoms with Crippen LogP contribution in [0.25, 0.3) is 17.0 Å². The Morgan fingerprint density at radius 1 is 0.732 bits per heavy atom. The molecule has 10 rings (SSSR count). The molecule has 0 bridgehead atoms. The van der Waals surface area contributed by atoms with Gasteiger partial charge in [0.25, 0.3) is 0 Å². The average molecular weight is 739 g/mol. The smallest absolute Gasteiger partial charge is 0.0991 e. The van der Waals surface area contributed by atoms with Gasteiger partial charge in [0, 0.05) is 39.4 Å². The number of nitriles is 3. The number of allylic oxidation sites excluding steroid dienone is 11. The highest BCUT2D eigenvalue weighted by molar-refractivity contribution is 5.94.